The number of nitrogens with two attached hydrogens (primary N) is 1. The molecule has 0 aromatic carbocycles. The van der Waals surface area contributed by atoms with Crippen LogP contribution in [0.2, 0.25) is 0 Å². The molecule has 0 amide bonds. The molecule has 58 valence electrons. The minimum atomic E-state index is 0.869. The van der Waals surface area contributed by atoms with Crippen LogP contribution in [0.5, 0.6) is 0 Å². The Morgan fingerprint density at radius 1 is 1.09 bits per heavy atom. The lowest BCUT2D eigenvalue weighted by atomic mass is 10.1. The Kier molecular flexibility index (Phi) is 2.73. The molecule has 0 aliphatic heterocycles. The van der Waals surface area contributed by atoms with Gasteiger partial charge in [0.05, 0.1) is 0 Å². The first kappa shape index (κ1) is 7.86. The lowest BCUT2D eigenvalue weighted by Gasteiger charge is -2.03. The van der Waals surface area contributed by atoms with Crippen molar-refractivity contribution in [2.45, 2.75) is 13.3 Å². The van der Waals surface area contributed by atoms with Crippen molar-refractivity contribution in [2.75, 3.05) is 0 Å². The minimum absolute atomic E-state index is 0.869. The van der Waals surface area contributed by atoms with Gasteiger partial charge in [-0.3, -0.25) is 0 Å². The SMILES string of the molecule is CCC1=C/C=C\C=C/C=C\1N. The van der Waals surface area contributed by atoms with Crippen molar-refractivity contribution in [3.63, 3.8) is 0 Å². The number of allylic oxidation sites excluding steroid dienone is 7. The van der Waals surface area contributed by atoms with E-state index in [1.165, 1.54) is 5.57 Å². The molecule has 0 heterocycles. The summed E-state index contributed by atoms with van der Waals surface area (Å²) in [6.45, 7) is 2.10. The fourth-order valence-electron chi connectivity index (χ4n) is 0.984. The molecule has 0 saturated carbocycles. The van der Waals surface area contributed by atoms with E-state index >= 15 is 0 Å². The quantitative estimate of drug-likeness (QED) is 0.605. The number of hydrogen-bond acceptors (Lipinski definition) is 1. The van der Waals surface area contributed by atoms with E-state index in [2.05, 4.69) is 13.0 Å². The molecule has 0 fully saturated rings. The van der Waals surface area contributed by atoms with Gasteiger partial charge in [-0.15, -0.1) is 0 Å². The van der Waals surface area contributed by atoms with Crippen LogP contribution in [0, 0.1) is 0 Å². The van der Waals surface area contributed by atoms with E-state index in [1.807, 2.05) is 30.4 Å². The van der Waals surface area contributed by atoms with Crippen LogP contribution in [-0.4, -0.2) is 0 Å². The summed E-state index contributed by atoms with van der Waals surface area (Å²) in [5.41, 5.74) is 7.83. The van der Waals surface area contributed by atoms with Gasteiger partial charge in [-0.05, 0) is 18.1 Å². The maximum Gasteiger partial charge on any atom is 0.0346 e. The van der Waals surface area contributed by atoms with Crippen LogP contribution in [0.25, 0.3) is 0 Å². The summed E-state index contributed by atoms with van der Waals surface area (Å²) < 4.78 is 0. The molecule has 0 atom stereocenters. The highest BCUT2D eigenvalue weighted by atomic mass is 14.6. The van der Waals surface area contributed by atoms with Crippen LogP contribution < -0.4 is 5.73 Å². The molecule has 0 bridgehead atoms. The molecule has 1 nitrogen and oxygen atoms in total. The molecule has 1 aliphatic carbocycles. The average Bonchev–Trinajstić information content (AvgIpc) is 1.98. The molecular weight excluding hydrogens is 134 g/mol. The highest BCUT2D eigenvalue weighted by Gasteiger charge is 1.95. The molecule has 11 heavy (non-hydrogen) atoms. The Hall–Kier alpha value is -1.24. The van der Waals surface area contributed by atoms with Gasteiger partial charge in [-0.2, -0.15) is 0 Å². The fraction of sp³-hybridized carbons (Fsp3) is 0.200. The fourth-order valence-corrected chi connectivity index (χ4v) is 0.984. The van der Waals surface area contributed by atoms with Crippen molar-refractivity contribution in [3.8, 4) is 0 Å². The zero-order chi connectivity index (χ0) is 8.10. The van der Waals surface area contributed by atoms with Gasteiger partial charge in [0.15, 0.2) is 0 Å². The lowest BCUT2D eigenvalue weighted by molar-refractivity contribution is 1.09. The predicted molar refractivity (Wildman–Crippen MR) is 48.9 cm³/mol. The van der Waals surface area contributed by atoms with Gasteiger partial charge in [-0.1, -0.05) is 37.3 Å². The third-order valence-corrected chi connectivity index (χ3v) is 1.66. The Morgan fingerprint density at radius 2 is 1.73 bits per heavy atom. The minimum Gasteiger partial charge on any atom is -0.399 e. The van der Waals surface area contributed by atoms with Gasteiger partial charge in [0.1, 0.15) is 0 Å². The van der Waals surface area contributed by atoms with Crippen LogP contribution in [0.4, 0.5) is 0 Å². The van der Waals surface area contributed by atoms with Crippen molar-refractivity contribution >= 4 is 0 Å². The molecule has 0 radical (unpaired) electrons. The first-order chi connectivity index (χ1) is 5.34. The third-order valence-electron chi connectivity index (χ3n) is 1.66. The van der Waals surface area contributed by atoms with E-state index in [4.69, 9.17) is 5.73 Å². The highest BCUT2D eigenvalue weighted by Crippen LogP contribution is 2.10. The lowest BCUT2D eigenvalue weighted by Crippen LogP contribution is -2.00. The van der Waals surface area contributed by atoms with Crippen molar-refractivity contribution < 1.29 is 0 Å². The molecule has 1 rings (SSSR count). The van der Waals surface area contributed by atoms with E-state index in [9.17, 15) is 0 Å². The predicted octanol–water partition coefficient (Wildman–Crippen LogP) is 2.29. The summed E-state index contributed by atoms with van der Waals surface area (Å²) in [7, 11) is 0. The standard InChI is InChI=1S/C10H13N/c1-2-9-7-5-3-4-6-8-10(9)11/h3-8H,2,11H2,1H3/b4-3?,5-3-,6-4-,7-5?,8-6?,9-7-,10-8+,10-9?. The van der Waals surface area contributed by atoms with E-state index in [-0.39, 0.29) is 0 Å². The first-order valence-corrected chi connectivity index (χ1v) is 3.84. The Morgan fingerprint density at radius 3 is 2.36 bits per heavy atom. The second kappa shape index (κ2) is 3.81. The number of hydrogen-bond donors (Lipinski definition) is 1. The summed E-state index contributed by atoms with van der Waals surface area (Å²) in [4.78, 5) is 0. The van der Waals surface area contributed by atoms with Gasteiger partial charge in [0, 0.05) is 5.70 Å². The molecule has 0 spiro atoms. The Labute approximate surface area is 67.6 Å². The van der Waals surface area contributed by atoms with E-state index in [0.29, 0.717) is 0 Å². The summed E-state index contributed by atoms with van der Waals surface area (Å²) in [5.74, 6) is 0. The summed E-state index contributed by atoms with van der Waals surface area (Å²) in [5, 5.41) is 0. The van der Waals surface area contributed by atoms with Crippen molar-refractivity contribution in [1.29, 1.82) is 0 Å². The van der Waals surface area contributed by atoms with Crippen LogP contribution >= 0.6 is 0 Å². The smallest absolute Gasteiger partial charge is 0.0346 e. The summed E-state index contributed by atoms with van der Waals surface area (Å²) >= 11 is 0. The van der Waals surface area contributed by atoms with Crippen molar-refractivity contribution in [2.24, 2.45) is 5.73 Å². The second-order valence-corrected chi connectivity index (χ2v) is 2.44. The molecule has 1 aliphatic rings. The first-order valence-electron chi connectivity index (χ1n) is 3.84. The van der Waals surface area contributed by atoms with Crippen LogP contribution in [0.3, 0.4) is 0 Å². The molecule has 0 unspecified atom stereocenters. The number of rotatable bonds is 1. The van der Waals surface area contributed by atoms with Gasteiger partial charge in [-0.25, -0.2) is 0 Å². The van der Waals surface area contributed by atoms with E-state index in [1.54, 1.807) is 0 Å². The summed E-state index contributed by atoms with van der Waals surface area (Å²) in [6, 6.07) is 0. The molecule has 0 aromatic heterocycles. The van der Waals surface area contributed by atoms with Gasteiger partial charge in [0.2, 0.25) is 0 Å². The Bertz CT molecular complexity index is 242. The topological polar surface area (TPSA) is 26.0 Å². The zero-order valence-electron chi connectivity index (χ0n) is 6.75. The molecule has 0 aromatic rings. The second-order valence-electron chi connectivity index (χ2n) is 2.44. The van der Waals surface area contributed by atoms with Gasteiger partial charge < -0.3 is 5.73 Å². The largest absolute Gasteiger partial charge is 0.399 e. The van der Waals surface area contributed by atoms with Crippen molar-refractivity contribution in [1.82, 2.24) is 0 Å². The molecule has 2 N–H and O–H groups in total. The third kappa shape index (κ3) is 2.11. The van der Waals surface area contributed by atoms with E-state index < -0.39 is 0 Å². The van der Waals surface area contributed by atoms with Crippen LogP contribution in [0.15, 0.2) is 47.7 Å². The van der Waals surface area contributed by atoms with Crippen LogP contribution in [-0.2, 0) is 0 Å². The van der Waals surface area contributed by atoms with Crippen LogP contribution in [0.1, 0.15) is 13.3 Å². The normalized spacial score (nSPS) is 32.1. The Balaban J connectivity index is 2.89. The maximum absolute atomic E-state index is 5.77. The highest BCUT2D eigenvalue weighted by molar-refractivity contribution is 5.36. The molecule has 1 heteroatoms. The molecule has 0 saturated heterocycles. The van der Waals surface area contributed by atoms with E-state index in [0.717, 1.165) is 12.1 Å². The maximum atomic E-state index is 5.77. The average molecular weight is 147 g/mol. The summed E-state index contributed by atoms with van der Waals surface area (Å²) in [6.07, 6.45) is 12.9. The zero-order valence-corrected chi connectivity index (χ0v) is 6.75. The molecular formula is C10H13N. The van der Waals surface area contributed by atoms with Gasteiger partial charge in [0.25, 0.3) is 0 Å². The monoisotopic (exact) mass is 147 g/mol. The van der Waals surface area contributed by atoms with Crippen molar-refractivity contribution in [3.05, 3.63) is 47.7 Å². The van der Waals surface area contributed by atoms with Gasteiger partial charge >= 0.3 is 0 Å².